The van der Waals surface area contributed by atoms with Crippen molar-refractivity contribution in [2.45, 2.75) is 116 Å². The number of hydrogen-bond acceptors (Lipinski definition) is 9. The van der Waals surface area contributed by atoms with Gasteiger partial charge in [-0.1, -0.05) is 83.0 Å². The van der Waals surface area contributed by atoms with Gasteiger partial charge in [-0.05, 0) is 108 Å². The average Bonchev–Trinajstić information content (AvgIpc) is 4.19. The number of carbonyl (C=O) groups excluding carboxylic acids is 5. The fourth-order valence-electron chi connectivity index (χ4n) is 11.3. The number of alkyl carbamates (subject to hydrolysis) is 2. The zero-order valence-corrected chi connectivity index (χ0v) is 38.9. The summed E-state index contributed by atoms with van der Waals surface area (Å²) < 4.78 is 9.62. The van der Waals surface area contributed by atoms with Crippen molar-refractivity contribution in [3.63, 3.8) is 0 Å². The number of hydrogen-bond donors (Lipinski definition) is 3. The summed E-state index contributed by atoms with van der Waals surface area (Å²) in [5.41, 5.74) is 10.4. The first-order valence-electron chi connectivity index (χ1n) is 23.7. The van der Waals surface area contributed by atoms with Crippen LogP contribution < -0.4 is 10.6 Å². The van der Waals surface area contributed by atoms with E-state index in [4.69, 9.17) is 19.5 Å². The van der Waals surface area contributed by atoms with E-state index in [0.717, 1.165) is 119 Å². The third kappa shape index (κ3) is 8.16. The van der Waals surface area contributed by atoms with Crippen LogP contribution in [0.15, 0.2) is 65.8 Å². The molecule has 1 spiro atoms. The molecule has 4 aromatic rings. The lowest BCUT2D eigenvalue weighted by atomic mass is 9.81. The zero-order valence-electron chi connectivity index (χ0n) is 38.9. The molecule has 0 radical (unpaired) electrons. The van der Waals surface area contributed by atoms with Crippen molar-refractivity contribution in [3.05, 3.63) is 83.3 Å². The monoisotopic (exact) mass is 895 g/mol. The molecular formula is C52H61N7O7. The lowest BCUT2D eigenvalue weighted by Crippen LogP contribution is -2.53. The first-order valence-corrected chi connectivity index (χ1v) is 23.7. The van der Waals surface area contributed by atoms with Gasteiger partial charge in [-0.3, -0.25) is 19.4 Å². The number of H-pyrrole nitrogens is 1. The maximum Gasteiger partial charge on any atom is 0.407 e. The second-order valence-corrected chi connectivity index (χ2v) is 19.5. The lowest BCUT2D eigenvalue weighted by molar-refractivity contribution is -0.135. The number of ether oxygens (including phenoxy) is 2. The molecule has 14 heteroatoms. The van der Waals surface area contributed by atoms with E-state index in [1.54, 1.807) is 6.20 Å². The summed E-state index contributed by atoms with van der Waals surface area (Å²) in [6.45, 7) is 8.83. The highest BCUT2D eigenvalue weighted by Crippen LogP contribution is 2.53. The minimum atomic E-state index is -0.709. The quantitative estimate of drug-likeness (QED) is 0.134. The molecule has 3 aromatic carbocycles. The van der Waals surface area contributed by atoms with E-state index in [0.29, 0.717) is 25.3 Å². The van der Waals surface area contributed by atoms with Gasteiger partial charge in [-0.15, -0.1) is 0 Å². The topological polar surface area (TPSA) is 175 Å². The number of rotatable bonds is 11. The molecule has 0 bridgehead atoms. The first-order chi connectivity index (χ1) is 31.8. The minimum Gasteiger partial charge on any atom is -0.453 e. The van der Waals surface area contributed by atoms with E-state index in [9.17, 15) is 24.0 Å². The molecule has 4 heterocycles. The summed E-state index contributed by atoms with van der Waals surface area (Å²) in [7, 11) is 2.59. The number of benzene rings is 3. The number of fused-ring (bicyclic) bond motifs is 2. The Morgan fingerprint density at radius 1 is 0.742 bits per heavy atom. The van der Waals surface area contributed by atoms with Crippen molar-refractivity contribution in [1.29, 1.82) is 0 Å². The summed E-state index contributed by atoms with van der Waals surface area (Å²) in [6.07, 6.45) is 9.08. The smallest absolute Gasteiger partial charge is 0.407 e. The Kier molecular flexibility index (Phi) is 12.4. The maximum absolute atomic E-state index is 14.7. The van der Waals surface area contributed by atoms with Crippen molar-refractivity contribution >= 4 is 41.2 Å². The van der Waals surface area contributed by atoms with Crippen LogP contribution in [0.5, 0.6) is 0 Å². The number of nitrogens with zero attached hydrogens (tertiary/aromatic N) is 4. The molecule has 14 nitrogen and oxygen atoms in total. The van der Waals surface area contributed by atoms with E-state index in [2.05, 4.69) is 70.2 Å². The highest BCUT2D eigenvalue weighted by Gasteiger charge is 2.49. The molecule has 0 unspecified atom stereocenters. The molecule has 9 rings (SSSR count). The van der Waals surface area contributed by atoms with Crippen LogP contribution in [0, 0.1) is 17.3 Å². The van der Waals surface area contributed by atoms with Crippen LogP contribution in [0.1, 0.15) is 112 Å². The van der Waals surface area contributed by atoms with Crippen molar-refractivity contribution in [3.8, 4) is 33.5 Å². The molecule has 5 aliphatic rings. The van der Waals surface area contributed by atoms with Crippen molar-refractivity contribution in [2.75, 3.05) is 27.3 Å². The van der Waals surface area contributed by atoms with E-state index in [1.807, 2.05) is 37.5 Å². The fourth-order valence-corrected chi connectivity index (χ4v) is 11.3. The number of methoxy groups -OCH3 is 2. The number of imidazole rings is 1. The van der Waals surface area contributed by atoms with Crippen LogP contribution in [0.3, 0.4) is 0 Å². The number of carbonyl (C=O) groups is 5. The number of amides is 4. The van der Waals surface area contributed by atoms with Gasteiger partial charge >= 0.3 is 12.2 Å². The molecular weight excluding hydrogens is 835 g/mol. The second kappa shape index (κ2) is 18.2. The van der Waals surface area contributed by atoms with Crippen LogP contribution in [-0.2, 0) is 31.9 Å². The maximum atomic E-state index is 14.7. The van der Waals surface area contributed by atoms with Crippen molar-refractivity contribution in [1.82, 2.24) is 30.4 Å². The summed E-state index contributed by atoms with van der Waals surface area (Å²) >= 11 is 0. The van der Waals surface area contributed by atoms with Gasteiger partial charge in [0.05, 0.1) is 43.9 Å². The summed E-state index contributed by atoms with van der Waals surface area (Å²) in [5.74, 6) is 0.459. The van der Waals surface area contributed by atoms with Crippen molar-refractivity contribution < 1.29 is 33.4 Å². The zero-order chi connectivity index (χ0) is 46.4. The Labute approximate surface area is 386 Å². The third-order valence-electron chi connectivity index (χ3n) is 14.8. The third-order valence-corrected chi connectivity index (χ3v) is 14.8. The van der Waals surface area contributed by atoms with Crippen LogP contribution in [-0.4, -0.2) is 101 Å². The number of ketones is 1. The molecule has 66 heavy (non-hydrogen) atoms. The average molecular weight is 896 g/mol. The van der Waals surface area contributed by atoms with E-state index in [-0.39, 0.29) is 46.9 Å². The summed E-state index contributed by atoms with van der Waals surface area (Å²) in [5, 5.41) is 5.46. The van der Waals surface area contributed by atoms with E-state index < -0.39 is 24.3 Å². The van der Waals surface area contributed by atoms with Crippen LogP contribution in [0.4, 0.5) is 15.3 Å². The Hall–Kier alpha value is -6.31. The highest BCUT2D eigenvalue weighted by atomic mass is 16.5. The number of Topliss-reactive ketones (excluding diaryl/α,β-unsaturated/α-hetero) is 1. The van der Waals surface area contributed by atoms with Gasteiger partial charge in [0, 0.05) is 36.2 Å². The molecule has 2 saturated heterocycles. The van der Waals surface area contributed by atoms with E-state index >= 15 is 0 Å². The van der Waals surface area contributed by atoms with Crippen LogP contribution >= 0.6 is 0 Å². The predicted molar refractivity (Wildman–Crippen MR) is 251 cm³/mol. The standard InChI is InChI=1S/C52H61N7O7/c1-29(2)44(56-50(63)65-5)48(61)58-23-9-11-41(58)39-26-34-25-33(17-20-38(34)54-39)35-18-19-36(43-37(35)27-52(46(43)60)21-7-8-22-52)31-13-15-32(16-14-31)40-28-53-47(55-40)42-12-10-24-59(42)49(62)45(30(3)4)57-51(64)66-6/h13-20,25,28-30,41-42,44-45H,7-12,21-24,26-27H2,1-6H3,(H,53,55)(H,56,63)(H,57,64)/t41-,42-,44-,45-/m0/s1. The molecule has 3 fully saturated rings. The fraction of sp³-hybridized carbons (Fsp3) is 0.481. The Balaban J connectivity index is 0.955. The molecule has 346 valence electrons. The van der Waals surface area contributed by atoms with Gasteiger partial charge in [0.25, 0.3) is 0 Å². The van der Waals surface area contributed by atoms with Crippen molar-refractivity contribution in [2.24, 2.45) is 22.2 Å². The largest absolute Gasteiger partial charge is 0.453 e. The molecule has 4 amide bonds. The lowest BCUT2D eigenvalue weighted by Gasteiger charge is -2.30. The molecule has 2 aliphatic carbocycles. The Bertz CT molecular complexity index is 2590. The number of aromatic amines is 1. The van der Waals surface area contributed by atoms with Gasteiger partial charge in [0.15, 0.2) is 5.78 Å². The van der Waals surface area contributed by atoms with Gasteiger partial charge in [-0.2, -0.15) is 0 Å². The normalized spacial score (nSPS) is 20.4. The minimum absolute atomic E-state index is 0.111. The molecule has 3 N–H and O–H groups in total. The van der Waals surface area contributed by atoms with Crippen LogP contribution in [0.25, 0.3) is 33.5 Å². The Morgan fingerprint density at radius 2 is 1.32 bits per heavy atom. The van der Waals surface area contributed by atoms with Gasteiger partial charge < -0.3 is 34.9 Å². The molecule has 3 aliphatic heterocycles. The predicted octanol–water partition coefficient (Wildman–Crippen LogP) is 8.75. The summed E-state index contributed by atoms with van der Waals surface area (Å²) in [6, 6.07) is 17.2. The molecule has 4 atom stereocenters. The number of aliphatic imine (C=N–C) groups is 1. The second-order valence-electron chi connectivity index (χ2n) is 19.5. The van der Waals surface area contributed by atoms with Gasteiger partial charge in [0.2, 0.25) is 11.8 Å². The Morgan fingerprint density at radius 3 is 1.94 bits per heavy atom. The SMILES string of the molecule is COC(=O)N[C@H](C(=O)N1CCC[C@H]1C1=Nc2ccc(-c3ccc(-c4ccc(-c5cnc([C@@H]6CCCN6C(=O)[C@@H](NC(=O)OC)C(C)C)[nH]5)cc4)c4c3CC3(CCCC3)C4=O)cc2C1)C(C)C. The van der Waals surface area contributed by atoms with Gasteiger partial charge in [-0.25, -0.2) is 14.6 Å². The molecule has 1 saturated carbocycles. The number of aromatic nitrogens is 2. The van der Waals surface area contributed by atoms with E-state index in [1.165, 1.54) is 14.2 Å². The van der Waals surface area contributed by atoms with Gasteiger partial charge in [0.1, 0.15) is 17.9 Å². The molecule has 1 aromatic heterocycles. The summed E-state index contributed by atoms with van der Waals surface area (Å²) in [4.78, 5) is 83.5. The first kappa shape index (κ1) is 44.9. The van der Waals surface area contributed by atoms with Crippen LogP contribution in [0.2, 0.25) is 0 Å². The highest BCUT2D eigenvalue weighted by molar-refractivity contribution is 6.12. The number of likely N-dealkylation sites (tertiary alicyclic amines) is 2. The number of nitrogens with one attached hydrogen (secondary N) is 3.